The molecule has 0 unspecified atom stereocenters. The molecule has 2 rings (SSSR count). The molecule has 0 fully saturated rings. The fourth-order valence-electron chi connectivity index (χ4n) is 2.19. The Balaban J connectivity index is 1.81. The molecule has 2 aromatic rings. The molecule has 0 saturated heterocycles. The third-order valence-electron chi connectivity index (χ3n) is 3.45. The molecule has 0 aliphatic heterocycles. The highest BCUT2D eigenvalue weighted by Crippen LogP contribution is 2.11. The number of carbonyl (C=O) groups is 3. The van der Waals surface area contributed by atoms with Crippen molar-refractivity contribution in [2.75, 3.05) is 18.5 Å². The van der Waals surface area contributed by atoms with Gasteiger partial charge in [0, 0.05) is 17.3 Å². The van der Waals surface area contributed by atoms with Crippen LogP contribution in [0.15, 0.2) is 48.5 Å². The van der Waals surface area contributed by atoms with Crippen LogP contribution in [0.5, 0.6) is 0 Å². The van der Waals surface area contributed by atoms with E-state index in [9.17, 15) is 14.4 Å². The molecular weight excluding hydrogens is 356 g/mol. The maximum absolute atomic E-state index is 11.9. The number of anilines is 1. The average molecular weight is 375 g/mol. The normalized spacial score (nSPS) is 10.1. The number of benzene rings is 2. The summed E-state index contributed by atoms with van der Waals surface area (Å²) in [5, 5.41) is 5.65. The molecule has 2 aromatic carbocycles. The number of hydrogen-bond acceptors (Lipinski definition) is 4. The van der Waals surface area contributed by atoms with Gasteiger partial charge in [-0.2, -0.15) is 0 Å². The lowest BCUT2D eigenvalue weighted by Crippen LogP contribution is -2.36. The first-order valence-electron chi connectivity index (χ1n) is 8.10. The molecule has 2 amide bonds. The van der Waals surface area contributed by atoms with E-state index < -0.39 is 17.8 Å². The van der Waals surface area contributed by atoms with Crippen molar-refractivity contribution in [3.05, 3.63) is 64.7 Å². The Morgan fingerprint density at radius 1 is 1.04 bits per heavy atom. The van der Waals surface area contributed by atoms with Crippen LogP contribution < -0.4 is 10.6 Å². The van der Waals surface area contributed by atoms with Crippen LogP contribution in [-0.4, -0.2) is 30.9 Å². The van der Waals surface area contributed by atoms with Crippen LogP contribution in [0.4, 0.5) is 5.69 Å². The minimum atomic E-state index is -0.778. The van der Waals surface area contributed by atoms with Crippen molar-refractivity contribution >= 4 is 35.1 Å². The van der Waals surface area contributed by atoms with Gasteiger partial charge in [0.05, 0.1) is 12.2 Å². The van der Waals surface area contributed by atoms with E-state index in [4.69, 9.17) is 16.3 Å². The van der Waals surface area contributed by atoms with Crippen molar-refractivity contribution in [3.8, 4) is 0 Å². The molecule has 0 bridgehead atoms. The predicted octanol–water partition coefficient (Wildman–Crippen LogP) is 2.81. The van der Waals surface area contributed by atoms with Gasteiger partial charge in [-0.05, 0) is 55.3 Å². The first-order valence-corrected chi connectivity index (χ1v) is 8.48. The van der Waals surface area contributed by atoms with Crippen LogP contribution in [0.2, 0.25) is 5.02 Å². The molecule has 26 heavy (non-hydrogen) atoms. The van der Waals surface area contributed by atoms with E-state index in [1.165, 1.54) is 24.3 Å². The second-order valence-corrected chi connectivity index (χ2v) is 5.82. The van der Waals surface area contributed by atoms with Crippen LogP contribution in [0.25, 0.3) is 0 Å². The van der Waals surface area contributed by atoms with Crippen molar-refractivity contribution in [2.24, 2.45) is 0 Å². The zero-order valence-electron chi connectivity index (χ0n) is 14.3. The molecule has 0 spiro atoms. The number of hydrogen-bond donors (Lipinski definition) is 2. The number of halogens is 1. The van der Waals surface area contributed by atoms with Crippen LogP contribution in [0.1, 0.15) is 22.8 Å². The maximum atomic E-state index is 11.9. The van der Waals surface area contributed by atoms with E-state index in [2.05, 4.69) is 10.6 Å². The summed E-state index contributed by atoms with van der Waals surface area (Å²) in [4.78, 5) is 35.3. The van der Waals surface area contributed by atoms with Crippen LogP contribution >= 0.6 is 11.6 Å². The third kappa shape index (κ3) is 5.89. The Kier molecular flexibility index (Phi) is 7.17. The van der Waals surface area contributed by atoms with Crippen molar-refractivity contribution in [3.63, 3.8) is 0 Å². The lowest BCUT2D eigenvalue weighted by molar-refractivity contribution is -0.136. The Bertz CT molecular complexity index is 790. The van der Waals surface area contributed by atoms with E-state index in [0.717, 1.165) is 5.56 Å². The second-order valence-electron chi connectivity index (χ2n) is 5.39. The van der Waals surface area contributed by atoms with Gasteiger partial charge in [-0.3, -0.25) is 9.59 Å². The summed E-state index contributed by atoms with van der Waals surface area (Å²) in [6, 6.07) is 13.4. The lowest BCUT2D eigenvalue weighted by Gasteiger charge is -2.08. The quantitative estimate of drug-likeness (QED) is 0.601. The number of nitrogens with one attached hydrogen (secondary N) is 2. The molecule has 0 aliphatic rings. The van der Waals surface area contributed by atoms with Gasteiger partial charge < -0.3 is 15.4 Å². The number of carbonyl (C=O) groups excluding carboxylic acids is 3. The van der Waals surface area contributed by atoms with Gasteiger partial charge in [0.2, 0.25) is 0 Å². The van der Waals surface area contributed by atoms with E-state index in [1.807, 2.05) is 12.1 Å². The van der Waals surface area contributed by atoms with Crippen LogP contribution in [-0.2, 0) is 20.7 Å². The fourth-order valence-corrected chi connectivity index (χ4v) is 2.40. The van der Waals surface area contributed by atoms with Gasteiger partial charge in [-0.25, -0.2) is 4.79 Å². The number of esters is 1. The SMILES string of the molecule is CCOC(=O)c1ccc(NC(=O)C(=O)NCCc2cccc(Cl)c2)cc1. The summed E-state index contributed by atoms with van der Waals surface area (Å²) in [6.45, 7) is 2.32. The third-order valence-corrected chi connectivity index (χ3v) is 3.68. The highest BCUT2D eigenvalue weighted by atomic mass is 35.5. The zero-order valence-corrected chi connectivity index (χ0v) is 15.0. The molecule has 6 nitrogen and oxygen atoms in total. The Morgan fingerprint density at radius 3 is 2.42 bits per heavy atom. The first kappa shape index (κ1) is 19.5. The van der Waals surface area contributed by atoms with E-state index in [0.29, 0.717) is 29.2 Å². The molecular formula is C19H19ClN2O4. The Hall–Kier alpha value is -2.86. The van der Waals surface area contributed by atoms with Gasteiger partial charge in [-0.15, -0.1) is 0 Å². The smallest absolute Gasteiger partial charge is 0.338 e. The minimum Gasteiger partial charge on any atom is -0.462 e. The number of rotatable bonds is 6. The maximum Gasteiger partial charge on any atom is 0.338 e. The molecule has 0 saturated carbocycles. The van der Waals surface area contributed by atoms with E-state index in [1.54, 1.807) is 19.1 Å². The summed E-state index contributed by atoms with van der Waals surface area (Å²) in [6.07, 6.45) is 0.563. The largest absolute Gasteiger partial charge is 0.462 e. The van der Waals surface area contributed by atoms with Gasteiger partial charge in [0.15, 0.2) is 0 Å². The number of ether oxygens (including phenoxy) is 1. The average Bonchev–Trinajstić information content (AvgIpc) is 2.62. The summed E-state index contributed by atoms with van der Waals surface area (Å²) >= 11 is 5.89. The highest BCUT2D eigenvalue weighted by molar-refractivity contribution is 6.39. The van der Waals surface area contributed by atoms with E-state index >= 15 is 0 Å². The molecule has 2 N–H and O–H groups in total. The summed E-state index contributed by atoms with van der Waals surface area (Å²) < 4.78 is 4.88. The van der Waals surface area contributed by atoms with Crippen molar-refractivity contribution < 1.29 is 19.1 Å². The minimum absolute atomic E-state index is 0.284. The van der Waals surface area contributed by atoms with Gasteiger partial charge in [0.1, 0.15) is 0 Å². The Labute approximate surface area is 156 Å². The summed E-state index contributed by atoms with van der Waals surface area (Å²) in [7, 11) is 0. The van der Waals surface area contributed by atoms with E-state index in [-0.39, 0.29) is 6.61 Å². The molecule has 136 valence electrons. The van der Waals surface area contributed by atoms with Crippen molar-refractivity contribution in [1.29, 1.82) is 0 Å². The Morgan fingerprint density at radius 2 is 1.77 bits per heavy atom. The summed E-state index contributed by atoms with van der Waals surface area (Å²) in [5.74, 6) is -1.95. The molecule has 0 heterocycles. The topological polar surface area (TPSA) is 84.5 Å². The van der Waals surface area contributed by atoms with Crippen LogP contribution in [0.3, 0.4) is 0 Å². The zero-order chi connectivity index (χ0) is 18.9. The van der Waals surface area contributed by atoms with Gasteiger partial charge in [-0.1, -0.05) is 23.7 Å². The lowest BCUT2D eigenvalue weighted by atomic mass is 10.1. The fraction of sp³-hybridized carbons (Fsp3) is 0.211. The highest BCUT2D eigenvalue weighted by Gasteiger charge is 2.13. The standard InChI is InChI=1S/C19H19ClN2O4/c1-2-26-19(25)14-6-8-16(9-7-14)22-18(24)17(23)21-11-10-13-4-3-5-15(20)12-13/h3-9,12H,2,10-11H2,1H3,(H,21,23)(H,22,24). The molecule has 0 aliphatic carbocycles. The van der Waals surface area contributed by atoms with Crippen LogP contribution in [0, 0.1) is 0 Å². The monoisotopic (exact) mass is 374 g/mol. The second kappa shape index (κ2) is 9.58. The molecule has 0 radical (unpaired) electrons. The van der Waals surface area contributed by atoms with Gasteiger partial charge in [0.25, 0.3) is 0 Å². The van der Waals surface area contributed by atoms with Gasteiger partial charge >= 0.3 is 17.8 Å². The molecule has 7 heteroatoms. The van der Waals surface area contributed by atoms with Crippen molar-refractivity contribution in [2.45, 2.75) is 13.3 Å². The first-order chi connectivity index (χ1) is 12.5. The van der Waals surface area contributed by atoms with Crippen molar-refractivity contribution in [1.82, 2.24) is 5.32 Å². The molecule has 0 aromatic heterocycles. The number of amides is 2. The predicted molar refractivity (Wildman–Crippen MR) is 99.2 cm³/mol. The summed E-state index contributed by atoms with van der Waals surface area (Å²) in [5.41, 5.74) is 1.75. The molecule has 0 atom stereocenters.